The summed E-state index contributed by atoms with van der Waals surface area (Å²) in [5.74, 6) is 0. The zero-order chi connectivity index (χ0) is 11.4. The molecule has 10 saturated heterocycles. The van der Waals surface area contributed by atoms with Gasteiger partial charge in [0.05, 0.1) is 0 Å². The van der Waals surface area contributed by atoms with Crippen molar-refractivity contribution in [3.63, 3.8) is 0 Å². The first kappa shape index (κ1) is 6.53. The Balaban J connectivity index is 1.57. The van der Waals surface area contributed by atoms with E-state index in [1.165, 1.54) is 33.7 Å². The van der Waals surface area contributed by atoms with E-state index in [2.05, 4.69) is 20.1 Å². The van der Waals surface area contributed by atoms with E-state index in [-0.39, 0.29) is 6.17 Å². The number of hydrogen-bond acceptors (Lipinski definition) is 2. The van der Waals surface area contributed by atoms with Gasteiger partial charge < -0.3 is 0 Å². The molecule has 0 amide bonds. The van der Waals surface area contributed by atoms with Gasteiger partial charge in [-0.1, -0.05) is 0 Å². The van der Waals surface area contributed by atoms with Crippen molar-refractivity contribution in [2.45, 2.75) is 53.8 Å². The number of azide groups is 1. The Morgan fingerprint density at radius 3 is 1.50 bits per heavy atom. The molecule has 0 aromatic carbocycles. The van der Waals surface area contributed by atoms with E-state index in [0.29, 0.717) is 4.31 Å². The molecule has 0 radical (unpaired) electrons. The van der Waals surface area contributed by atoms with Crippen molar-refractivity contribution in [1.82, 2.24) is 0 Å². The van der Waals surface area contributed by atoms with Gasteiger partial charge in [-0.3, -0.25) is 0 Å². The Morgan fingerprint density at radius 2 is 1.28 bits per heavy atom. The van der Waals surface area contributed by atoms with Crippen LogP contribution < -0.4 is 0 Å². The Labute approximate surface area is 91.6 Å². The predicted molar refractivity (Wildman–Crippen MR) is 58.5 cm³/mol. The summed E-state index contributed by atoms with van der Waals surface area (Å²) in [4.78, 5) is 16.4. The SMILES string of the molecule is [N-]=[N+]=NC(N=[N+]=[N-])[C]12[CH]3[CH]4[CH]5[CH]1[Fe]45321678[CH]2[CH]1[CH]6[CH]7[CH]28. The van der Waals surface area contributed by atoms with Crippen LogP contribution in [0, 0.1) is 0 Å². The average molecular weight is 282 g/mol. The fourth-order valence-corrected chi connectivity index (χ4v) is 91.9. The van der Waals surface area contributed by atoms with E-state index in [1.54, 1.807) is 0 Å². The van der Waals surface area contributed by atoms with Crippen LogP contribution in [0.1, 0.15) is 0 Å². The number of rotatable bonds is 3. The molecular weight excluding hydrogens is 272 g/mol. The fourth-order valence-electron chi connectivity index (χ4n) is 17.4. The Hall–Kier alpha value is -0.861. The van der Waals surface area contributed by atoms with Crippen molar-refractivity contribution in [3.8, 4) is 0 Å². The van der Waals surface area contributed by atoms with E-state index < -0.39 is 6.51 Å². The topological polar surface area (TPSA) is 97.5 Å². The van der Waals surface area contributed by atoms with Crippen LogP contribution in [0.3, 0.4) is 0 Å². The summed E-state index contributed by atoms with van der Waals surface area (Å²) in [6, 6.07) is 0. The van der Waals surface area contributed by atoms with Crippen LogP contribution in [-0.4, -0.2) is 6.17 Å². The third-order valence-corrected chi connectivity index (χ3v) is 58.1. The van der Waals surface area contributed by atoms with Crippen molar-refractivity contribution in [3.05, 3.63) is 20.9 Å². The molecular formula is C11H10FeN6. The van der Waals surface area contributed by atoms with Gasteiger partial charge in [-0.05, 0) is 0 Å². The molecule has 0 aliphatic carbocycles. The minimum atomic E-state index is -3.25. The van der Waals surface area contributed by atoms with Crippen LogP contribution in [0.15, 0.2) is 10.2 Å². The van der Waals surface area contributed by atoms with Gasteiger partial charge in [0.25, 0.3) is 0 Å². The van der Waals surface area contributed by atoms with Crippen molar-refractivity contribution in [2.75, 3.05) is 0 Å². The molecule has 0 aromatic rings. The van der Waals surface area contributed by atoms with Gasteiger partial charge in [0.1, 0.15) is 0 Å². The molecule has 0 bridgehead atoms. The normalized spacial score (nSPS) is 114. The van der Waals surface area contributed by atoms with E-state index in [9.17, 15) is 0 Å². The van der Waals surface area contributed by atoms with Gasteiger partial charge >= 0.3 is 91.4 Å². The molecule has 10 aliphatic rings. The summed E-state index contributed by atoms with van der Waals surface area (Å²) in [7, 11) is 0. The average Bonchev–Trinajstić information content (AvgIpc) is 3.31. The summed E-state index contributed by atoms with van der Waals surface area (Å²) >= 11 is 0. The van der Waals surface area contributed by atoms with Crippen LogP contribution in [0.5, 0.6) is 0 Å². The molecule has 7 heteroatoms. The van der Waals surface area contributed by atoms with Gasteiger partial charge in [-0.25, -0.2) is 0 Å². The molecule has 18 heavy (non-hydrogen) atoms. The van der Waals surface area contributed by atoms with Crippen LogP contribution in [0.2, 0.25) is 47.7 Å². The van der Waals surface area contributed by atoms with Crippen molar-refractivity contribution >= 4 is 0 Å². The summed E-state index contributed by atoms with van der Waals surface area (Å²) in [6.07, 6.45) is -0.318. The number of fused-ring (bicyclic) bond motifs is 10. The maximum atomic E-state index is 8.85. The molecule has 6 nitrogen and oxygen atoms in total. The van der Waals surface area contributed by atoms with E-state index in [1.807, 2.05) is 0 Å². The Kier molecular flexibility index (Phi) is 0.190. The Bertz CT molecular complexity index is 1030. The molecule has 0 N–H and O–H groups in total. The predicted octanol–water partition coefficient (Wildman–Crippen LogP) is 4.69. The zero-order valence-electron chi connectivity index (χ0n) is 9.31. The van der Waals surface area contributed by atoms with Crippen LogP contribution >= 0.6 is 0 Å². The van der Waals surface area contributed by atoms with E-state index >= 15 is 0 Å². The van der Waals surface area contributed by atoms with Crippen LogP contribution in [-0.2, 0) is 6.51 Å². The molecule has 10 fully saturated rings. The first-order valence-corrected chi connectivity index (χ1v) is 13.2. The van der Waals surface area contributed by atoms with Crippen molar-refractivity contribution in [2.24, 2.45) is 10.2 Å². The molecule has 10 heterocycles. The summed E-state index contributed by atoms with van der Waals surface area (Å²) < 4.78 is 0.373. The Morgan fingerprint density at radius 1 is 0.833 bits per heavy atom. The van der Waals surface area contributed by atoms with Gasteiger partial charge in [0, 0.05) is 0 Å². The first-order valence-electron chi connectivity index (χ1n) is 6.86. The molecule has 0 saturated carbocycles. The summed E-state index contributed by atoms with van der Waals surface area (Å²) in [6.45, 7) is -3.25. The summed E-state index contributed by atoms with van der Waals surface area (Å²) in [5, 5.41) is 8.00. The van der Waals surface area contributed by atoms with Crippen LogP contribution in [0.25, 0.3) is 20.9 Å². The van der Waals surface area contributed by atoms with E-state index in [0.717, 1.165) is 9.63 Å². The minimum absolute atomic E-state index is 0.318. The third-order valence-electron chi connectivity index (χ3n) is 15.5. The monoisotopic (exact) mass is 282 g/mol. The van der Waals surface area contributed by atoms with E-state index in [4.69, 9.17) is 11.1 Å². The number of hydrogen-bond donors (Lipinski definition) is 0. The fraction of sp³-hybridized carbons (Fsp3) is 1.00. The van der Waals surface area contributed by atoms with Gasteiger partial charge in [-0.15, -0.1) is 0 Å². The van der Waals surface area contributed by atoms with Gasteiger partial charge in [0.15, 0.2) is 0 Å². The van der Waals surface area contributed by atoms with Gasteiger partial charge in [-0.2, -0.15) is 0 Å². The van der Waals surface area contributed by atoms with Gasteiger partial charge in [0.2, 0.25) is 0 Å². The third kappa shape index (κ3) is 0.0602. The second-order valence-corrected chi connectivity index (χ2v) is 34.1. The molecule has 4 unspecified atom stereocenters. The second kappa shape index (κ2) is 0.523. The van der Waals surface area contributed by atoms with Crippen molar-refractivity contribution < 1.29 is 6.51 Å². The summed E-state index contributed by atoms with van der Waals surface area (Å²) in [5.41, 5.74) is 17.7. The maximum absolute atomic E-state index is 8.85. The molecule has 1 spiro atoms. The first-order chi connectivity index (χ1) is 8.56. The van der Waals surface area contributed by atoms with Crippen molar-refractivity contribution in [1.29, 1.82) is 0 Å². The quantitative estimate of drug-likeness (QED) is 0.310. The molecule has 10 aliphatic heterocycles. The second-order valence-electron chi connectivity index (χ2n) is 10.5. The molecule has 0 aromatic heterocycles. The molecule has 92 valence electrons. The zero-order valence-corrected chi connectivity index (χ0v) is 10.4. The molecule has 10 rings (SSSR count). The molecule has 4 atom stereocenters. The van der Waals surface area contributed by atoms with Crippen LogP contribution in [0.4, 0.5) is 0 Å². The number of nitrogens with zero attached hydrogens (tertiary/aromatic N) is 6. The standard InChI is InChI=1S/C6H5N6.C5H5.Fe/c7-11-9-6(10-12-8)5-3-1-2-4-5;1-2-4-5-3-1;/h1-4,6H;1-5H;.